The first-order chi connectivity index (χ1) is 10.9. The highest BCUT2D eigenvalue weighted by atomic mass is 16.1. The molecule has 23 heavy (non-hydrogen) atoms. The zero-order valence-corrected chi connectivity index (χ0v) is 14.1. The largest absolute Gasteiger partial charge is 0.307 e. The summed E-state index contributed by atoms with van der Waals surface area (Å²) in [5.41, 5.74) is 2.43. The average molecular weight is 305 g/mol. The first-order valence-corrected chi connectivity index (χ1v) is 8.26. The third kappa shape index (κ3) is 2.65. The summed E-state index contributed by atoms with van der Waals surface area (Å²) in [7, 11) is 0. The van der Waals surface area contributed by atoms with Crippen LogP contribution in [-0.4, -0.2) is 5.78 Å². The van der Waals surface area contributed by atoms with Crippen molar-refractivity contribution in [3.8, 4) is 0 Å². The molecule has 0 amide bonds. The van der Waals surface area contributed by atoms with E-state index >= 15 is 0 Å². The fraction of sp³-hybridized carbons (Fsp3) is 0.429. The minimum Gasteiger partial charge on any atom is -0.307 e. The van der Waals surface area contributed by atoms with E-state index in [1.807, 2.05) is 26.0 Å². The molecule has 2 nitrogen and oxygen atoms in total. The third-order valence-corrected chi connectivity index (χ3v) is 5.60. The van der Waals surface area contributed by atoms with Crippen LogP contribution in [0.2, 0.25) is 0 Å². The van der Waals surface area contributed by atoms with E-state index in [1.165, 1.54) is 11.1 Å². The molecule has 2 heteroatoms. The summed E-state index contributed by atoms with van der Waals surface area (Å²) in [6, 6.07) is 10.4. The molecule has 0 aromatic heterocycles. The molecule has 0 heterocycles. The summed E-state index contributed by atoms with van der Waals surface area (Å²) >= 11 is 0. The molecule has 1 fully saturated rings. The fourth-order valence-electron chi connectivity index (χ4n) is 4.55. The number of nitrogens with zero attached hydrogens (tertiary/aromatic N) is 1. The van der Waals surface area contributed by atoms with Gasteiger partial charge in [-0.15, -0.1) is 0 Å². The molecule has 2 atom stereocenters. The van der Waals surface area contributed by atoms with E-state index in [1.54, 1.807) is 0 Å². The van der Waals surface area contributed by atoms with Gasteiger partial charge >= 0.3 is 0 Å². The Morgan fingerprint density at radius 1 is 1.22 bits per heavy atom. The van der Waals surface area contributed by atoms with Crippen molar-refractivity contribution < 1.29 is 4.79 Å². The second kappa shape index (κ2) is 5.49. The minimum atomic E-state index is -0.443. The maximum atomic E-state index is 12.6. The molecule has 0 bridgehead atoms. The summed E-state index contributed by atoms with van der Waals surface area (Å²) in [5, 5.41) is 0. The summed E-state index contributed by atoms with van der Waals surface area (Å²) in [4.78, 5) is 16.1. The fourth-order valence-corrected chi connectivity index (χ4v) is 4.55. The number of ketones is 1. The molecule has 0 radical (unpaired) electrons. The maximum absolute atomic E-state index is 12.6. The van der Waals surface area contributed by atoms with Crippen molar-refractivity contribution in [1.29, 1.82) is 0 Å². The van der Waals surface area contributed by atoms with Crippen LogP contribution < -0.4 is 0 Å². The molecule has 2 aliphatic rings. The first-order valence-electron chi connectivity index (χ1n) is 8.26. The predicted molar refractivity (Wildman–Crippen MR) is 93.3 cm³/mol. The summed E-state index contributed by atoms with van der Waals surface area (Å²) in [5.74, 6) is 0.325. The van der Waals surface area contributed by atoms with Crippen molar-refractivity contribution in [2.24, 2.45) is 16.7 Å². The van der Waals surface area contributed by atoms with Crippen LogP contribution in [0.5, 0.6) is 0 Å². The van der Waals surface area contributed by atoms with Crippen LogP contribution in [0.1, 0.15) is 45.6 Å². The molecule has 0 N–H and O–H groups in total. The molecule has 1 saturated carbocycles. The molecule has 0 unspecified atom stereocenters. The third-order valence-electron chi connectivity index (χ3n) is 5.60. The Morgan fingerprint density at radius 3 is 2.57 bits per heavy atom. The Balaban J connectivity index is 1.98. The Bertz CT molecular complexity index is 733. The number of carbonyl (C=O) groups is 1. The van der Waals surface area contributed by atoms with Crippen molar-refractivity contribution in [2.45, 2.75) is 40.0 Å². The van der Waals surface area contributed by atoms with Gasteiger partial charge in [0, 0.05) is 5.41 Å². The zero-order valence-electron chi connectivity index (χ0n) is 14.1. The molecule has 0 aliphatic heterocycles. The average Bonchev–Trinajstić information content (AvgIpc) is 2.52. The summed E-state index contributed by atoms with van der Waals surface area (Å²) in [6.07, 6.45) is 7.21. The Morgan fingerprint density at radius 2 is 1.91 bits per heavy atom. The van der Waals surface area contributed by atoms with Gasteiger partial charge in [-0.25, -0.2) is 4.85 Å². The van der Waals surface area contributed by atoms with Crippen molar-refractivity contribution in [2.75, 3.05) is 0 Å². The number of hydrogen-bond acceptors (Lipinski definition) is 1. The summed E-state index contributed by atoms with van der Waals surface area (Å²) in [6.45, 7) is 13.6. The van der Waals surface area contributed by atoms with Gasteiger partial charge in [0.1, 0.15) is 0 Å². The molecule has 118 valence electrons. The normalized spacial score (nSPS) is 31.2. The Kier molecular flexibility index (Phi) is 3.76. The van der Waals surface area contributed by atoms with Gasteiger partial charge in [0.2, 0.25) is 5.70 Å². The van der Waals surface area contributed by atoms with Gasteiger partial charge in [0.05, 0.1) is 6.57 Å². The standard InChI is InChI=1S/C21H23NO/c1-20(2)18-11-10-16(12-15-8-6-5-7-9-15)13-21(18,3)14-17(22-4)19(20)23/h5-9,12,14,18H,10-11,13H2,1-3H3/b16-12-/t18-,21-/m0/s1. The quantitative estimate of drug-likeness (QED) is 0.646. The van der Waals surface area contributed by atoms with Gasteiger partial charge in [-0.1, -0.05) is 68.8 Å². The molecule has 0 spiro atoms. The van der Waals surface area contributed by atoms with Crippen LogP contribution in [0.15, 0.2) is 47.7 Å². The SMILES string of the molecule is [C-]#[N+]C1=C[C@]2(C)C/C(=C\c3ccccc3)CC[C@H]2C(C)(C)C1=O. The number of hydrogen-bond donors (Lipinski definition) is 0. The highest BCUT2D eigenvalue weighted by molar-refractivity contribution is 6.02. The first kappa shape index (κ1) is 15.7. The Labute approximate surface area is 138 Å². The van der Waals surface area contributed by atoms with Gasteiger partial charge < -0.3 is 4.79 Å². The molecule has 1 aromatic rings. The predicted octanol–water partition coefficient (Wildman–Crippen LogP) is 5.29. The van der Waals surface area contributed by atoms with E-state index in [9.17, 15) is 4.79 Å². The van der Waals surface area contributed by atoms with Gasteiger partial charge in [-0.3, -0.25) is 0 Å². The minimum absolute atomic E-state index is 0.0189. The molecule has 0 saturated heterocycles. The maximum Gasteiger partial charge on any atom is 0.226 e. The van der Waals surface area contributed by atoms with Crippen LogP contribution in [-0.2, 0) is 4.79 Å². The molecular formula is C21H23NO. The number of benzene rings is 1. The van der Waals surface area contributed by atoms with E-state index in [4.69, 9.17) is 6.57 Å². The topological polar surface area (TPSA) is 21.4 Å². The van der Waals surface area contributed by atoms with Crippen molar-refractivity contribution in [1.82, 2.24) is 0 Å². The highest BCUT2D eigenvalue weighted by Gasteiger charge is 2.52. The number of fused-ring (bicyclic) bond motifs is 1. The van der Waals surface area contributed by atoms with Crippen molar-refractivity contribution in [3.05, 3.63) is 64.7 Å². The van der Waals surface area contributed by atoms with Crippen molar-refractivity contribution >= 4 is 11.9 Å². The van der Waals surface area contributed by atoms with E-state index in [0.717, 1.165) is 19.3 Å². The number of rotatable bonds is 1. The molecular weight excluding hydrogens is 282 g/mol. The zero-order chi connectivity index (χ0) is 16.7. The Hall–Kier alpha value is -2.14. The van der Waals surface area contributed by atoms with Crippen LogP contribution in [0.25, 0.3) is 10.9 Å². The molecule has 3 rings (SSSR count). The van der Waals surface area contributed by atoms with E-state index in [-0.39, 0.29) is 11.2 Å². The van der Waals surface area contributed by atoms with Gasteiger partial charge in [-0.05, 0) is 36.2 Å². The van der Waals surface area contributed by atoms with Gasteiger partial charge in [-0.2, -0.15) is 0 Å². The van der Waals surface area contributed by atoms with E-state index in [2.05, 4.69) is 42.1 Å². The molecule has 1 aromatic carbocycles. The molecule has 2 aliphatic carbocycles. The number of Topliss-reactive ketones (excluding diaryl/α,β-unsaturated/α-hetero) is 1. The highest BCUT2D eigenvalue weighted by Crippen LogP contribution is 2.56. The second-order valence-corrected chi connectivity index (χ2v) is 7.68. The van der Waals surface area contributed by atoms with Gasteiger partial charge in [0.25, 0.3) is 0 Å². The monoisotopic (exact) mass is 305 g/mol. The summed E-state index contributed by atoms with van der Waals surface area (Å²) < 4.78 is 0. The smallest absolute Gasteiger partial charge is 0.226 e. The van der Waals surface area contributed by atoms with Crippen LogP contribution in [0, 0.1) is 23.3 Å². The van der Waals surface area contributed by atoms with Crippen LogP contribution >= 0.6 is 0 Å². The van der Waals surface area contributed by atoms with Gasteiger partial charge in [0.15, 0.2) is 5.78 Å². The lowest BCUT2D eigenvalue weighted by Crippen LogP contribution is -2.48. The number of carbonyl (C=O) groups excluding carboxylic acids is 1. The lowest BCUT2D eigenvalue weighted by molar-refractivity contribution is -0.130. The van der Waals surface area contributed by atoms with Crippen LogP contribution in [0.3, 0.4) is 0 Å². The lowest BCUT2D eigenvalue weighted by atomic mass is 9.52. The number of allylic oxidation sites excluding steroid dienone is 3. The van der Waals surface area contributed by atoms with E-state index < -0.39 is 5.41 Å². The van der Waals surface area contributed by atoms with Crippen molar-refractivity contribution in [3.63, 3.8) is 0 Å². The lowest BCUT2D eigenvalue weighted by Gasteiger charge is -2.51. The second-order valence-electron chi connectivity index (χ2n) is 7.68. The van der Waals surface area contributed by atoms with Crippen LogP contribution in [0.4, 0.5) is 0 Å². The van der Waals surface area contributed by atoms with E-state index in [0.29, 0.717) is 11.6 Å².